The number of hydrogen-bond donors (Lipinski definition) is 0. The monoisotopic (exact) mass is 300 g/mol. The summed E-state index contributed by atoms with van der Waals surface area (Å²) in [6.07, 6.45) is 7.66. The molecule has 0 aliphatic heterocycles. The Balaban J connectivity index is 1.52. The quantitative estimate of drug-likeness (QED) is 0.617. The minimum Gasteiger partial charge on any atom is -0.0619 e. The molecule has 23 heavy (non-hydrogen) atoms. The summed E-state index contributed by atoms with van der Waals surface area (Å²) in [5, 5.41) is 0. The van der Waals surface area contributed by atoms with Gasteiger partial charge in [-0.05, 0) is 83.9 Å². The molecule has 2 aromatic carbocycles. The molecule has 0 N–H and O–H groups in total. The first-order chi connectivity index (χ1) is 11.4. The van der Waals surface area contributed by atoms with Gasteiger partial charge in [0, 0.05) is 5.92 Å². The van der Waals surface area contributed by atoms with E-state index in [4.69, 9.17) is 0 Å². The first-order valence-corrected chi connectivity index (χ1v) is 9.56. The van der Waals surface area contributed by atoms with Gasteiger partial charge in [-0.15, -0.1) is 0 Å². The molecular weight excluding hydrogens is 276 g/mol. The Labute approximate surface area is 138 Å². The van der Waals surface area contributed by atoms with Crippen LogP contribution in [0.1, 0.15) is 49.1 Å². The van der Waals surface area contributed by atoms with Crippen molar-refractivity contribution in [2.45, 2.75) is 38.0 Å². The van der Waals surface area contributed by atoms with Crippen molar-refractivity contribution in [1.82, 2.24) is 0 Å². The van der Waals surface area contributed by atoms with Gasteiger partial charge in [-0.2, -0.15) is 0 Å². The normalized spacial score (nSPS) is 37.0. The first-order valence-electron chi connectivity index (χ1n) is 9.56. The third kappa shape index (κ3) is 1.67. The summed E-state index contributed by atoms with van der Waals surface area (Å²) in [7, 11) is 0. The average Bonchev–Trinajstić information content (AvgIpc) is 2.89. The predicted octanol–water partition coefficient (Wildman–Crippen LogP) is 5.87. The molecule has 7 rings (SSSR count). The highest BCUT2D eigenvalue weighted by molar-refractivity contribution is 5.79. The molecule has 4 saturated carbocycles. The summed E-state index contributed by atoms with van der Waals surface area (Å²) in [4.78, 5) is 0. The van der Waals surface area contributed by atoms with E-state index in [1.54, 1.807) is 17.5 Å². The number of hydrogen-bond acceptors (Lipinski definition) is 0. The molecular formula is C23H24. The van der Waals surface area contributed by atoms with Gasteiger partial charge in [-0.1, -0.05) is 48.5 Å². The van der Waals surface area contributed by atoms with Gasteiger partial charge in [-0.25, -0.2) is 0 Å². The van der Waals surface area contributed by atoms with Crippen LogP contribution in [0.5, 0.6) is 0 Å². The van der Waals surface area contributed by atoms with Crippen molar-refractivity contribution in [3.63, 3.8) is 0 Å². The highest BCUT2D eigenvalue weighted by Gasteiger charge is 2.52. The van der Waals surface area contributed by atoms with Crippen molar-refractivity contribution in [3.05, 3.63) is 59.7 Å². The van der Waals surface area contributed by atoms with E-state index in [2.05, 4.69) is 48.5 Å². The zero-order valence-corrected chi connectivity index (χ0v) is 13.6. The van der Waals surface area contributed by atoms with Crippen molar-refractivity contribution >= 4 is 0 Å². The van der Waals surface area contributed by atoms with Crippen LogP contribution < -0.4 is 0 Å². The molecule has 5 aliphatic rings. The molecule has 0 nitrogen and oxygen atoms in total. The van der Waals surface area contributed by atoms with Gasteiger partial charge in [-0.3, -0.25) is 0 Å². The van der Waals surface area contributed by atoms with Crippen molar-refractivity contribution in [2.24, 2.45) is 29.6 Å². The summed E-state index contributed by atoms with van der Waals surface area (Å²) < 4.78 is 0. The molecule has 116 valence electrons. The second-order valence-electron chi connectivity index (χ2n) is 8.66. The Hall–Kier alpha value is -1.56. The van der Waals surface area contributed by atoms with E-state index < -0.39 is 0 Å². The van der Waals surface area contributed by atoms with E-state index >= 15 is 0 Å². The van der Waals surface area contributed by atoms with Crippen LogP contribution >= 0.6 is 0 Å². The van der Waals surface area contributed by atoms with E-state index in [-0.39, 0.29) is 0 Å². The number of benzene rings is 2. The highest BCUT2D eigenvalue weighted by atomic mass is 14.6. The third-order valence-electron chi connectivity index (χ3n) is 7.57. The third-order valence-corrected chi connectivity index (χ3v) is 7.57. The van der Waals surface area contributed by atoms with Gasteiger partial charge >= 0.3 is 0 Å². The van der Waals surface area contributed by atoms with Gasteiger partial charge < -0.3 is 0 Å². The maximum Gasteiger partial charge on any atom is 0.0135 e. The molecule has 4 fully saturated rings. The molecule has 2 aromatic rings. The molecule has 0 heterocycles. The molecule has 5 aliphatic carbocycles. The fraction of sp³-hybridized carbons (Fsp3) is 0.478. The Kier molecular flexibility index (Phi) is 2.51. The van der Waals surface area contributed by atoms with Crippen molar-refractivity contribution < 1.29 is 0 Å². The van der Waals surface area contributed by atoms with E-state index in [1.165, 1.54) is 36.8 Å². The number of rotatable bonds is 1. The molecule has 0 heteroatoms. The Morgan fingerprint density at radius 2 is 1.04 bits per heavy atom. The van der Waals surface area contributed by atoms with Gasteiger partial charge in [0.25, 0.3) is 0 Å². The molecule has 0 atom stereocenters. The summed E-state index contributed by atoms with van der Waals surface area (Å²) >= 11 is 0. The van der Waals surface area contributed by atoms with Crippen molar-refractivity contribution in [3.8, 4) is 11.1 Å². The van der Waals surface area contributed by atoms with Crippen LogP contribution in [0.3, 0.4) is 0 Å². The lowest BCUT2D eigenvalue weighted by atomic mass is 9.49. The smallest absolute Gasteiger partial charge is 0.0135 e. The van der Waals surface area contributed by atoms with Crippen molar-refractivity contribution in [1.29, 1.82) is 0 Å². The molecule has 0 saturated heterocycles. The lowest BCUT2D eigenvalue weighted by molar-refractivity contribution is -0.0424. The second kappa shape index (κ2) is 4.50. The van der Waals surface area contributed by atoms with Gasteiger partial charge in [0.05, 0.1) is 0 Å². The summed E-state index contributed by atoms with van der Waals surface area (Å²) in [5.41, 5.74) is 6.29. The van der Waals surface area contributed by atoms with E-state index in [0.717, 1.165) is 29.6 Å². The molecule has 0 aromatic heterocycles. The first kappa shape index (κ1) is 12.8. The van der Waals surface area contributed by atoms with Gasteiger partial charge in [0.1, 0.15) is 0 Å². The van der Waals surface area contributed by atoms with E-state index in [0.29, 0.717) is 5.92 Å². The summed E-state index contributed by atoms with van der Waals surface area (Å²) in [6.45, 7) is 0. The highest BCUT2D eigenvalue weighted by Crippen LogP contribution is 2.63. The molecule has 4 bridgehead atoms. The average molecular weight is 300 g/mol. The number of fused-ring (bicyclic) bond motifs is 3. The van der Waals surface area contributed by atoms with Crippen LogP contribution in [0.2, 0.25) is 0 Å². The fourth-order valence-corrected chi connectivity index (χ4v) is 7.12. The Morgan fingerprint density at radius 3 is 1.57 bits per heavy atom. The van der Waals surface area contributed by atoms with Crippen LogP contribution in [0.25, 0.3) is 11.1 Å². The lowest BCUT2D eigenvalue weighted by Gasteiger charge is -2.56. The fourth-order valence-electron chi connectivity index (χ4n) is 7.12. The van der Waals surface area contributed by atoms with Crippen LogP contribution in [0.4, 0.5) is 0 Å². The summed E-state index contributed by atoms with van der Waals surface area (Å²) in [6, 6.07) is 18.5. The zero-order chi connectivity index (χ0) is 15.0. The second-order valence-corrected chi connectivity index (χ2v) is 8.66. The Morgan fingerprint density at radius 1 is 0.565 bits per heavy atom. The topological polar surface area (TPSA) is 0 Å². The van der Waals surface area contributed by atoms with Crippen LogP contribution in [0.15, 0.2) is 48.5 Å². The minimum atomic E-state index is 0.678. The maximum atomic E-state index is 2.42. The minimum absolute atomic E-state index is 0.678. The van der Waals surface area contributed by atoms with Gasteiger partial charge in [0.15, 0.2) is 0 Å². The van der Waals surface area contributed by atoms with Crippen molar-refractivity contribution in [2.75, 3.05) is 0 Å². The maximum absolute atomic E-state index is 2.42. The molecule has 0 amide bonds. The molecule has 0 radical (unpaired) electrons. The standard InChI is InChI=1S/C23H24/c1-3-7-20-18(5-1)19-6-2-4-8-21(19)23(20)22-16-10-14-9-15(12-16)13-17(22)11-14/h1-8,14-17,22-23H,9-13H2. The summed E-state index contributed by atoms with van der Waals surface area (Å²) in [5.74, 6) is 5.72. The van der Waals surface area contributed by atoms with Crippen LogP contribution in [0, 0.1) is 29.6 Å². The zero-order valence-electron chi connectivity index (χ0n) is 13.6. The van der Waals surface area contributed by atoms with Crippen LogP contribution in [-0.4, -0.2) is 0 Å². The van der Waals surface area contributed by atoms with Crippen LogP contribution in [-0.2, 0) is 0 Å². The molecule has 0 unspecified atom stereocenters. The predicted molar refractivity (Wildman–Crippen MR) is 94.3 cm³/mol. The largest absolute Gasteiger partial charge is 0.0619 e. The molecule has 0 spiro atoms. The van der Waals surface area contributed by atoms with E-state index in [1.807, 2.05) is 0 Å². The Bertz CT molecular complexity index is 698. The van der Waals surface area contributed by atoms with E-state index in [9.17, 15) is 0 Å². The van der Waals surface area contributed by atoms with Gasteiger partial charge in [0.2, 0.25) is 0 Å². The SMILES string of the molecule is c1ccc2c(c1)-c1ccccc1C2C1C2CC3CC(C2)CC1C3. The lowest BCUT2D eigenvalue weighted by Crippen LogP contribution is -2.47.